The third-order valence-electron chi connectivity index (χ3n) is 5.18. The smallest absolute Gasteiger partial charge is 0.416 e. The van der Waals surface area contributed by atoms with Crippen LogP contribution in [0.1, 0.15) is 12.5 Å². The fourth-order valence-corrected chi connectivity index (χ4v) is 4.94. The van der Waals surface area contributed by atoms with E-state index in [1.54, 1.807) is 24.3 Å². The first kappa shape index (κ1) is 25.3. The minimum absolute atomic E-state index is 0.0662. The number of aliphatic hydroxyl groups excluding tert-OH is 1. The monoisotopic (exact) mass is 488 g/mol. The van der Waals surface area contributed by atoms with Crippen molar-refractivity contribution >= 4 is 10.0 Å². The van der Waals surface area contributed by atoms with Gasteiger partial charge in [-0.25, -0.2) is 8.42 Å². The first-order chi connectivity index (χ1) is 15.6. The second kappa shape index (κ2) is 10.7. The summed E-state index contributed by atoms with van der Waals surface area (Å²) in [5, 5.41) is 10.3. The topological polar surface area (TPSA) is 79.3 Å². The summed E-state index contributed by atoms with van der Waals surface area (Å²) in [4.78, 5) is 1.51. The predicted octanol–water partition coefficient (Wildman–Crippen LogP) is 2.85. The lowest BCUT2D eigenvalue weighted by atomic mass is 10.2. The second-order valence-electron chi connectivity index (χ2n) is 7.60. The Morgan fingerprint density at radius 2 is 1.61 bits per heavy atom. The van der Waals surface area contributed by atoms with Crippen LogP contribution in [-0.2, 0) is 16.2 Å². The van der Waals surface area contributed by atoms with E-state index in [1.165, 1.54) is 10.4 Å². The lowest BCUT2D eigenvalue weighted by Crippen LogP contribution is -2.50. The lowest BCUT2D eigenvalue weighted by molar-refractivity contribution is -0.137. The number of sulfonamides is 1. The van der Waals surface area contributed by atoms with Gasteiger partial charge < -0.3 is 14.6 Å². The standard InChI is InChI=1S/C22H27F3N2O5S/c1-2-31-19-6-8-20(9-7-19)32-16-18(28)15-26-10-12-27(13-11-26)33(29,30)21-5-3-4-17(14-21)22(23,24)25/h3-9,14,18,28H,2,10-13,15-16H2,1H3/t18-/m1/s1. The number of benzene rings is 2. The summed E-state index contributed by atoms with van der Waals surface area (Å²) in [6.45, 7) is 3.73. The molecule has 0 spiro atoms. The molecule has 11 heteroatoms. The maximum Gasteiger partial charge on any atom is 0.416 e. The van der Waals surface area contributed by atoms with Gasteiger partial charge in [-0.2, -0.15) is 17.5 Å². The van der Waals surface area contributed by atoms with Crippen LogP contribution in [0.15, 0.2) is 53.4 Å². The number of hydrogen-bond donors (Lipinski definition) is 1. The third kappa shape index (κ3) is 6.83. The number of hydrogen-bond acceptors (Lipinski definition) is 6. The van der Waals surface area contributed by atoms with E-state index >= 15 is 0 Å². The van der Waals surface area contributed by atoms with Gasteiger partial charge in [0.25, 0.3) is 0 Å². The van der Waals surface area contributed by atoms with Crippen LogP contribution in [-0.4, -0.2) is 74.8 Å². The van der Waals surface area contributed by atoms with Gasteiger partial charge in [-0.1, -0.05) is 6.07 Å². The van der Waals surface area contributed by atoms with Crippen molar-refractivity contribution in [3.05, 3.63) is 54.1 Å². The zero-order valence-corrected chi connectivity index (χ0v) is 19.0. The highest BCUT2D eigenvalue weighted by atomic mass is 32.2. The molecule has 182 valence electrons. The van der Waals surface area contributed by atoms with Gasteiger partial charge in [-0.15, -0.1) is 0 Å². The molecule has 1 aliphatic heterocycles. The third-order valence-corrected chi connectivity index (χ3v) is 7.07. The van der Waals surface area contributed by atoms with E-state index in [4.69, 9.17) is 9.47 Å². The number of piperazine rings is 1. The van der Waals surface area contributed by atoms with Gasteiger partial charge in [0.2, 0.25) is 10.0 Å². The summed E-state index contributed by atoms with van der Waals surface area (Å²) in [5.41, 5.74) is -1.00. The molecule has 2 aromatic carbocycles. The maximum absolute atomic E-state index is 12.9. The van der Waals surface area contributed by atoms with Gasteiger partial charge in [-0.3, -0.25) is 4.90 Å². The molecule has 1 atom stereocenters. The van der Waals surface area contributed by atoms with Crippen LogP contribution in [0.25, 0.3) is 0 Å². The van der Waals surface area contributed by atoms with E-state index in [0.29, 0.717) is 31.5 Å². The second-order valence-corrected chi connectivity index (χ2v) is 9.54. The number of rotatable bonds is 9. The molecule has 1 heterocycles. The number of halogens is 3. The van der Waals surface area contributed by atoms with Crippen molar-refractivity contribution < 1.29 is 36.2 Å². The van der Waals surface area contributed by atoms with Crippen LogP contribution in [0.2, 0.25) is 0 Å². The van der Waals surface area contributed by atoms with Crippen molar-refractivity contribution in [3.8, 4) is 11.5 Å². The molecule has 7 nitrogen and oxygen atoms in total. The molecule has 0 amide bonds. The fourth-order valence-electron chi connectivity index (χ4n) is 3.48. The minimum atomic E-state index is -4.62. The SMILES string of the molecule is CCOc1ccc(OC[C@H](O)CN2CCN(S(=O)(=O)c3cccc(C(F)(F)F)c3)CC2)cc1. The molecule has 1 N–H and O–H groups in total. The molecule has 0 radical (unpaired) electrons. The molecule has 0 aromatic heterocycles. The summed E-state index contributed by atoms with van der Waals surface area (Å²) >= 11 is 0. The zero-order valence-electron chi connectivity index (χ0n) is 18.2. The Balaban J connectivity index is 1.49. The summed E-state index contributed by atoms with van der Waals surface area (Å²) < 4.78 is 76.5. The Morgan fingerprint density at radius 1 is 1.00 bits per heavy atom. The highest BCUT2D eigenvalue weighted by Crippen LogP contribution is 2.31. The van der Waals surface area contributed by atoms with Crippen molar-refractivity contribution in [1.29, 1.82) is 0 Å². The molecule has 1 saturated heterocycles. The molecule has 2 aromatic rings. The van der Waals surface area contributed by atoms with E-state index in [-0.39, 0.29) is 31.1 Å². The molecular formula is C22H27F3N2O5S. The molecule has 33 heavy (non-hydrogen) atoms. The summed E-state index contributed by atoms with van der Waals surface area (Å²) in [7, 11) is -4.04. The number of ether oxygens (including phenoxy) is 2. The van der Waals surface area contributed by atoms with Gasteiger partial charge in [0, 0.05) is 32.7 Å². The number of β-amino-alcohol motifs (C(OH)–C–C–N with tert-alkyl or cyclic N) is 1. The molecule has 0 aliphatic carbocycles. The largest absolute Gasteiger partial charge is 0.494 e. The van der Waals surface area contributed by atoms with E-state index in [1.807, 2.05) is 11.8 Å². The molecule has 3 rings (SSSR count). The summed E-state index contributed by atoms with van der Waals surface area (Å²) in [6, 6.07) is 10.8. The van der Waals surface area contributed by atoms with Gasteiger partial charge in [0.15, 0.2) is 0 Å². The van der Waals surface area contributed by atoms with Crippen molar-refractivity contribution in [1.82, 2.24) is 9.21 Å². The summed E-state index contributed by atoms with van der Waals surface area (Å²) in [5.74, 6) is 1.32. The lowest BCUT2D eigenvalue weighted by Gasteiger charge is -2.34. The van der Waals surface area contributed by atoms with Crippen LogP contribution < -0.4 is 9.47 Å². The van der Waals surface area contributed by atoms with Crippen molar-refractivity contribution in [2.24, 2.45) is 0 Å². The Labute approximate surface area is 191 Å². The highest BCUT2D eigenvalue weighted by molar-refractivity contribution is 7.89. The van der Waals surface area contributed by atoms with E-state index < -0.39 is 27.9 Å². The van der Waals surface area contributed by atoms with Crippen LogP contribution in [0.4, 0.5) is 13.2 Å². The van der Waals surface area contributed by atoms with E-state index in [2.05, 4.69) is 0 Å². The average Bonchev–Trinajstić information content (AvgIpc) is 2.79. The van der Waals surface area contributed by atoms with Crippen molar-refractivity contribution in [3.63, 3.8) is 0 Å². The van der Waals surface area contributed by atoms with Gasteiger partial charge in [0.05, 0.1) is 17.1 Å². The fraction of sp³-hybridized carbons (Fsp3) is 0.455. The average molecular weight is 489 g/mol. The number of aliphatic hydroxyl groups is 1. The Morgan fingerprint density at radius 3 is 2.18 bits per heavy atom. The highest BCUT2D eigenvalue weighted by Gasteiger charge is 2.34. The van der Waals surface area contributed by atoms with Crippen LogP contribution in [0.3, 0.4) is 0 Å². The van der Waals surface area contributed by atoms with Crippen LogP contribution in [0, 0.1) is 0 Å². The normalized spacial score (nSPS) is 17.0. The maximum atomic E-state index is 12.9. The van der Waals surface area contributed by atoms with Crippen molar-refractivity contribution in [2.45, 2.75) is 24.1 Å². The molecule has 0 unspecified atom stereocenters. The molecular weight excluding hydrogens is 461 g/mol. The van der Waals surface area contributed by atoms with E-state index in [9.17, 15) is 26.7 Å². The first-order valence-electron chi connectivity index (χ1n) is 10.5. The van der Waals surface area contributed by atoms with Crippen LogP contribution in [0.5, 0.6) is 11.5 Å². The van der Waals surface area contributed by atoms with Crippen LogP contribution >= 0.6 is 0 Å². The van der Waals surface area contributed by atoms with Gasteiger partial charge >= 0.3 is 6.18 Å². The molecule has 1 fully saturated rings. The number of nitrogens with zero attached hydrogens (tertiary/aromatic N) is 2. The van der Waals surface area contributed by atoms with E-state index in [0.717, 1.165) is 17.9 Å². The summed E-state index contributed by atoms with van der Waals surface area (Å²) in [6.07, 6.45) is -5.41. The Kier molecular flexibility index (Phi) is 8.22. The Hall–Kier alpha value is -2.34. The molecule has 0 bridgehead atoms. The minimum Gasteiger partial charge on any atom is -0.494 e. The quantitative estimate of drug-likeness (QED) is 0.585. The van der Waals surface area contributed by atoms with Gasteiger partial charge in [-0.05, 0) is 49.4 Å². The van der Waals surface area contributed by atoms with Gasteiger partial charge in [0.1, 0.15) is 24.2 Å². The molecule has 1 aliphatic rings. The number of alkyl halides is 3. The van der Waals surface area contributed by atoms with Crippen molar-refractivity contribution in [2.75, 3.05) is 45.9 Å². The Bertz CT molecular complexity index is 1010. The molecule has 0 saturated carbocycles. The predicted molar refractivity (Wildman–Crippen MR) is 116 cm³/mol. The first-order valence-corrected chi connectivity index (χ1v) is 12.0. The zero-order chi connectivity index (χ0) is 24.1.